The van der Waals surface area contributed by atoms with E-state index in [-0.39, 0.29) is 28.2 Å². The third-order valence-electron chi connectivity index (χ3n) is 7.42. The number of likely N-dealkylation sites (N-methyl/N-ethyl adjacent to an activating group) is 1. The SMILES string of the molecule is CN(C)C(CNC(=O)[C@@H]1C[C@@]1(C)c1ccccc1)Cc1cc2cnn(S(=O)(=O)c3ccccc3)c2cn1. The number of nitrogens with one attached hydrogen (secondary N) is 1. The Bertz CT molecular complexity index is 1520. The van der Waals surface area contributed by atoms with E-state index in [2.05, 4.69) is 39.4 Å². The fourth-order valence-corrected chi connectivity index (χ4v) is 6.13. The molecule has 2 aromatic heterocycles. The molecule has 1 N–H and O–H groups in total. The highest BCUT2D eigenvalue weighted by Crippen LogP contribution is 2.53. The van der Waals surface area contributed by atoms with Gasteiger partial charge in [0.1, 0.15) is 5.52 Å². The van der Waals surface area contributed by atoms with Gasteiger partial charge in [0, 0.05) is 41.4 Å². The average Bonchev–Trinajstić information content (AvgIpc) is 3.42. The van der Waals surface area contributed by atoms with E-state index in [1.165, 1.54) is 5.56 Å². The number of benzene rings is 2. The zero-order valence-corrected chi connectivity index (χ0v) is 22.0. The third-order valence-corrected chi connectivity index (χ3v) is 9.04. The van der Waals surface area contributed by atoms with Crippen molar-refractivity contribution in [2.45, 2.75) is 36.1 Å². The topological polar surface area (TPSA) is 97.2 Å². The fourth-order valence-electron chi connectivity index (χ4n) is 4.85. The van der Waals surface area contributed by atoms with Gasteiger partial charge in [0.15, 0.2) is 0 Å². The van der Waals surface area contributed by atoms with Crippen LogP contribution in [-0.4, -0.2) is 60.1 Å². The van der Waals surface area contributed by atoms with E-state index in [9.17, 15) is 13.2 Å². The standard InChI is InChI=1S/C28H31N5O3S/c1-28(21-10-6-4-7-11-21)16-25(28)27(34)30-18-23(32(2)3)15-22-14-20-17-31-33(26(20)19-29-22)37(35,36)24-12-8-5-9-13-24/h4-14,17,19,23,25H,15-16,18H2,1-3H3,(H,30,34)/t23?,25-,28-/m0/s1. The Hall–Kier alpha value is -3.56. The second-order valence-electron chi connectivity index (χ2n) is 10.1. The van der Waals surface area contributed by atoms with Crippen LogP contribution in [0.1, 0.15) is 24.6 Å². The van der Waals surface area contributed by atoms with Crippen molar-refractivity contribution in [3.8, 4) is 0 Å². The molecule has 1 amide bonds. The van der Waals surface area contributed by atoms with E-state index in [1.54, 1.807) is 42.7 Å². The maximum atomic E-state index is 13.0. The van der Waals surface area contributed by atoms with E-state index >= 15 is 0 Å². The van der Waals surface area contributed by atoms with Crippen LogP contribution in [0.4, 0.5) is 0 Å². The molecule has 8 nitrogen and oxygen atoms in total. The van der Waals surface area contributed by atoms with Crippen molar-refractivity contribution in [2.24, 2.45) is 5.92 Å². The molecule has 192 valence electrons. The van der Waals surface area contributed by atoms with Gasteiger partial charge in [-0.3, -0.25) is 9.78 Å². The van der Waals surface area contributed by atoms with E-state index in [0.29, 0.717) is 23.9 Å². The molecule has 4 aromatic rings. The van der Waals surface area contributed by atoms with Crippen LogP contribution in [0.3, 0.4) is 0 Å². The highest BCUT2D eigenvalue weighted by atomic mass is 32.2. The van der Waals surface area contributed by atoms with Crippen LogP contribution < -0.4 is 5.32 Å². The lowest BCUT2D eigenvalue weighted by molar-refractivity contribution is -0.122. The van der Waals surface area contributed by atoms with E-state index < -0.39 is 10.0 Å². The highest BCUT2D eigenvalue weighted by molar-refractivity contribution is 7.90. The van der Waals surface area contributed by atoms with Gasteiger partial charge in [-0.2, -0.15) is 17.6 Å². The maximum Gasteiger partial charge on any atom is 0.283 e. The summed E-state index contributed by atoms with van der Waals surface area (Å²) in [4.78, 5) is 19.7. The highest BCUT2D eigenvalue weighted by Gasteiger charge is 2.55. The number of carbonyl (C=O) groups is 1. The molecule has 0 aliphatic heterocycles. The number of amides is 1. The smallest absolute Gasteiger partial charge is 0.283 e. The van der Waals surface area contributed by atoms with Gasteiger partial charge in [-0.25, -0.2) is 0 Å². The molecule has 1 fully saturated rings. The molecular weight excluding hydrogens is 486 g/mol. The number of hydrogen-bond acceptors (Lipinski definition) is 6. The zero-order valence-electron chi connectivity index (χ0n) is 21.2. The van der Waals surface area contributed by atoms with Crippen molar-refractivity contribution in [1.82, 2.24) is 24.4 Å². The number of pyridine rings is 1. The van der Waals surface area contributed by atoms with Gasteiger partial charge in [0.05, 0.1) is 17.3 Å². The number of nitrogens with zero attached hydrogens (tertiary/aromatic N) is 4. The molecule has 0 spiro atoms. The Morgan fingerprint density at radius 2 is 1.78 bits per heavy atom. The van der Waals surface area contributed by atoms with Gasteiger partial charge in [-0.15, -0.1) is 0 Å². The Balaban J connectivity index is 1.27. The molecule has 1 aliphatic carbocycles. The van der Waals surface area contributed by atoms with Crippen molar-refractivity contribution in [3.63, 3.8) is 0 Å². The monoisotopic (exact) mass is 517 g/mol. The minimum absolute atomic E-state index is 0.0235. The lowest BCUT2D eigenvalue weighted by Crippen LogP contribution is -2.42. The largest absolute Gasteiger partial charge is 0.354 e. The van der Waals surface area contributed by atoms with Crippen molar-refractivity contribution in [3.05, 3.63) is 90.4 Å². The van der Waals surface area contributed by atoms with Gasteiger partial charge in [0.25, 0.3) is 10.0 Å². The molecular formula is C28H31N5O3S. The van der Waals surface area contributed by atoms with Gasteiger partial charge < -0.3 is 10.2 Å². The molecule has 1 aliphatic rings. The van der Waals surface area contributed by atoms with Crippen LogP contribution in [0.5, 0.6) is 0 Å². The van der Waals surface area contributed by atoms with Crippen molar-refractivity contribution in [2.75, 3.05) is 20.6 Å². The summed E-state index contributed by atoms with van der Waals surface area (Å²) in [5.74, 6) is 0.0543. The molecule has 2 heterocycles. The Labute approximate surface area is 217 Å². The summed E-state index contributed by atoms with van der Waals surface area (Å²) in [6, 6.07) is 20.3. The summed E-state index contributed by atoms with van der Waals surface area (Å²) in [6.07, 6.45) is 4.55. The van der Waals surface area contributed by atoms with Crippen LogP contribution in [0.2, 0.25) is 0 Å². The normalized spacial score (nSPS) is 20.2. The summed E-state index contributed by atoms with van der Waals surface area (Å²) >= 11 is 0. The van der Waals surface area contributed by atoms with Gasteiger partial charge in [0.2, 0.25) is 5.91 Å². The molecule has 37 heavy (non-hydrogen) atoms. The molecule has 5 rings (SSSR count). The average molecular weight is 518 g/mol. The summed E-state index contributed by atoms with van der Waals surface area (Å²) in [5, 5.41) is 7.99. The van der Waals surface area contributed by atoms with E-state index in [1.807, 2.05) is 38.4 Å². The second-order valence-corrected chi connectivity index (χ2v) is 11.9. The molecule has 1 saturated carbocycles. The van der Waals surface area contributed by atoms with E-state index in [4.69, 9.17) is 0 Å². The Kier molecular flexibility index (Phi) is 6.59. The first kappa shape index (κ1) is 25.1. The van der Waals surface area contributed by atoms with Crippen molar-refractivity contribution >= 4 is 26.8 Å². The minimum atomic E-state index is -3.81. The molecule has 9 heteroatoms. The van der Waals surface area contributed by atoms with Crippen LogP contribution >= 0.6 is 0 Å². The first-order valence-corrected chi connectivity index (χ1v) is 13.8. The fraction of sp³-hybridized carbons (Fsp3) is 0.321. The predicted octanol–water partition coefficient (Wildman–Crippen LogP) is 3.24. The summed E-state index contributed by atoms with van der Waals surface area (Å²) in [7, 11) is 0.143. The molecule has 0 saturated heterocycles. The number of aromatic nitrogens is 3. The van der Waals surface area contributed by atoms with Crippen LogP contribution in [0.15, 0.2) is 84.0 Å². The molecule has 1 unspecified atom stereocenters. The van der Waals surface area contributed by atoms with Crippen LogP contribution in [0, 0.1) is 5.92 Å². The lowest BCUT2D eigenvalue weighted by atomic mass is 9.95. The number of fused-ring (bicyclic) bond motifs is 1. The molecule has 0 bridgehead atoms. The number of rotatable bonds is 9. The number of hydrogen-bond donors (Lipinski definition) is 1. The predicted molar refractivity (Wildman–Crippen MR) is 143 cm³/mol. The third kappa shape index (κ3) is 4.89. The van der Waals surface area contributed by atoms with Gasteiger partial charge in [-0.05, 0) is 44.3 Å². The Morgan fingerprint density at radius 3 is 2.46 bits per heavy atom. The van der Waals surface area contributed by atoms with Crippen LogP contribution in [0.25, 0.3) is 10.9 Å². The zero-order chi connectivity index (χ0) is 26.2. The van der Waals surface area contributed by atoms with Crippen molar-refractivity contribution in [1.29, 1.82) is 0 Å². The quantitative estimate of drug-likeness (QED) is 0.366. The van der Waals surface area contributed by atoms with E-state index in [0.717, 1.165) is 16.2 Å². The molecule has 0 radical (unpaired) electrons. The number of carbonyl (C=O) groups excluding carboxylic acids is 1. The Morgan fingerprint density at radius 1 is 1.11 bits per heavy atom. The van der Waals surface area contributed by atoms with Crippen LogP contribution in [-0.2, 0) is 26.7 Å². The lowest BCUT2D eigenvalue weighted by Gasteiger charge is -2.24. The minimum Gasteiger partial charge on any atom is -0.354 e. The second kappa shape index (κ2) is 9.72. The van der Waals surface area contributed by atoms with Gasteiger partial charge in [-0.1, -0.05) is 55.5 Å². The van der Waals surface area contributed by atoms with Crippen molar-refractivity contribution < 1.29 is 13.2 Å². The summed E-state index contributed by atoms with van der Waals surface area (Å²) in [6.45, 7) is 2.64. The first-order valence-electron chi connectivity index (χ1n) is 12.3. The molecule has 2 aromatic carbocycles. The maximum absolute atomic E-state index is 13.0. The summed E-state index contributed by atoms with van der Waals surface area (Å²) in [5.41, 5.74) is 2.33. The first-order chi connectivity index (χ1) is 17.7. The van der Waals surface area contributed by atoms with Gasteiger partial charge >= 0.3 is 0 Å². The summed E-state index contributed by atoms with van der Waals surface area (Å²) < 4.78 is 27.1. The molecule has 3 atom stereocenters.